The molecule has 2 N–H and O–H groups in total. The first kappa shape index (κ1) is 23.9. The third kappa shape index (κ3) is 7.46. The zero-order chi connectivity index (χ0) is 20.9. The van der Waals surface area contributed by atoms with Crippen molar-refractivity contribution in [3.05, 3.63) is 22.7 Å². The molecule has 0 aliphatic heterocycles. The summed E-state index contributed by atoms with van der Waals surface area (Å²) >= 11 is 0. The molecule has 0 saturated carbocycles. The van der Waals surface area contributed by atoms with Gasteiger partial charge in [0.25, 0.3) is 0 Å². The van der Waals surface area contributed by atoms with E-state index < -0.39 is 5.97 Å². The van der Waals surface area contributed by atoms with Crippen molar-refractivity contribution in [2.75, 3.05) is 27.3 Å². The van der Waals surface area contributed by atoms with Gasteiger partial charge in [0.1, 0.15) is 0 Å². The fourth-order valence-corrected chi connectivity index (χ4v) is 3.30. The predicted octanol–water partition coefficient (Wildman–Crippen LogP) is 3.14. The van der Waals surface area contributed by atoms with Gasteiger partial charge in [0.05, 0.1) is 20.8 Å². The highest BCUT2D eigenvalue weighted by molar-refractivity contribution is 6.23. The fraction of sp³-hybridized carbons (Fsp3) is 0.667. The number of methoxy groups -OCH3 is 2. The van der Waals surface area contributed by atoms with E-state index in [1.54, 1.807) is 6.92 Å². The second kappa shape index (κ2) is 13.1. The van der Waals surface area contributed by atoms with Gasteiger partial charge in [0.15, 0.2) is 0 Å². The maximum absolute atomic E-state index is 12.5. The van der Waals surface area contributed by atoms with Crippen LogP contribution in [0.25, 0.3) is 0 Å². The second-order valence-electron chi connectivity index (χ2n) is 6.98. The van der Waals surface area contributed by atoms with Crippen molar-refractivity contribution in [3.8, 4) is 0 Å². The van der Waals surface area contributed by atoms with Gasteiger partial charge in [-0.25, -0.2) is 0 Å². The Hall–Kier alpha value is -2.15. The molecular weight excluding hydrogens is 362 g/mol. The van der Waals surface area contributed by atoms with Gasteiger partial charge in [-0.1, -0.05) is 38.5 Å². The summed E-state index contributed by atoms with van der Waals surface area (Å²) in [6.45, 7) is 2.45. The normalized spacial score (nSPS) is 14.7. The van der Waals surface area contributed by atoms with Crippen molar-refractivity contribution >= 4 is 17.5 Å². The van der Waals surface area contributed by atoms with Crippen molar-refractivity contribution in [2.45, 2.75) is 64.7 Å². The third-order valence-corrected chi connectivity index (χ3v) is 4.90. The van der Waals surface area contributed by atoms with Crippen LogP contribution in [0.4, 0.5) is 0 Å². The van der Waals surface area contributed by atoms with Gasteiger partial charge in [0, 0.05) is 11.1 Å². The Morgan fingerprint density at radius 2 is 1.36 bits per heavy atom. The summed E-state index contributed by atoms with van der Waals surface area (Å²) in [7, 11) is 2.74. The number of allylic oxidation sites excluding steroid dienone is 2. The van der Waals surface area contributed by atoms with Gasteiger partial charge in [-0.2, -0.15) is 0 Å². The van der Waals surface area contributed by atoms with E-state index in [4.69, 9.17) is 14.6 Å². The van der Waals surface area contributed by atoms with Crippen molar-refractivity contribution < 1.29 is 29.0 Å². The minimum atomic E-state index is -0.821. The molecule has 0 aromatic rings. The van der Waals surface area contributed by atoms with E-state index in [9.17, 15) is 14.4 Å². The maximum Gasteiger partial charge on any atom is 0.317 e. The number of carboxylic acid groups (broad SMARTS) is 1. The van der Waals surface area contributed by atoms with Crippen LogP contribution in [0.1, 0.15) is 64.7 Å². The van der Waals surface area contributed by atoms with Gasteiger partial charge < -0.3 is 19.9 Å². The zero-order valence-electron chi connectivity index (χ0n) is 17.3. The average Bonchev–Trinajstić information content (AvgIpc) is 2.67. The van der Waals surface area contributed by atoms with E-state index >= 15 is 0 Å². The Morgan fingerprint density at radius 1 is 0.857 bits per heavy atom. The molecule has 0 aromatic heterocycles. The predicted molar refractivity (Wildman–Crippen MR) is 106 cm³/mol. The number of carboxylic acids is 1. The lowest BCUT2D eigenvalue weighted by Gasteiger charge is -2.20. The number of hydrogen-bond donors (Lipinski definition) is 2. The number of aliphatic carboxylic acids is 1. The first-order valence-corrected chi connectivity index (χ1v) is 9.97. The van der Waals surface area contributed by atoms with Crippen LogP contribution in [-0.2, 0) is 23.9 Å². The summed E-state index contributed by atoms with van der Waals surface area (Å²) in [4.78, 5) is 35.2. The number of hydrogen-bond acceptors (Lipinski definition) is 6. The fourth-order valence-electron chi connectivity index (χ4n) is 3.30. The van der Waals surface area contributed by atoms with Crippen LogP contribution in [0.5, 0.6) is 0 Å². The third-order valence-electron chi connectivity index (χ3n) is 4.90. The Morgan fingerprint density at radius 3 is 1.89 bits per heavy atom. The van der Waals surface area contributed by atoms with Crippen molar-refractivity contribution in [1.82, 2.24) is 5.32 Å². The van der Waals surface area contributed by atoms with Gasteiger partial charge in [0.2, 0.25) is 23.1 Å². The first-order valence-electron chi connectivity index (χ1n) is 9.97. The monoisotopic (exact) mass is 395 g/mol. The van der Waals surface area contributed by atoms with E-state index in [0.717, 1.165) is 57.9 Å². The van der Waals surface area contributed by atoms with Crippen LogP contribution in [0, 0.1) is 0 Å². The minimum Gasteiger partial charge on any atom is -0.489 e. The summed E-state index contributed by atoms with van der Waals surface area (Å²) in [5.74, 6) is -1.34. The number of Topliss-reactive ketones (excluding diaryl/α,β-unsaturated/α-hetero) is 2. The average molecular weight is 395 g/mol. The molecule has 1 rings (SSSR count). The summed E-state index contributed by atoms with van der Waals surface area (Å²) in [6.07, 6.45) is 9.10. The molecule has 0 aromatic carbocycles. The molecule has 0 amide bonds. The zero-order valence-corrected chi connectivity index (χ0v) is 17.3. The smallest absolute Gasteiger partial charge is 0.317 e. The highest BCUT2D eigenvalue weighted by atomic mass is 16.5. The van der Waals surface area contributed by atoms with Crippen LogP contribution < -0.4 is 5.32 Å². The van der Waals surface area contributed by atoms with Gasteiger partial charge in [-0.05, 0) is 32.7 Å². The van der Waals surface area contributed by atoms with E-state index in [-0.39, 0.29) is 29.6 Å². The molecule has 0 spiro atoms. The lowest BCUT2D eigenvalue weighted by molar-refractivity contribution is -0.136. The van der Waals surface area contributed by atoms with E-state index in [2.05, 4.69) is 5.32 Å². The van der Waals surface area contributed by atoms with Crippen molar-refractivity contribution in [2.24, 2.45) is 0 Å². The first-order chi connectivity index (χ1) is 13.4. The van der Waals surface area contributed by atoms with Crippen molar-refractivity contribution in [1.29, 1.82) is 0 Å². The van der Waals surface area contributed by atoms with Crippen molar-refractivity contribution in [3.63, 3.8) is 0 Å². The van der Waals surface area contributed by atoms with Crippen LogP contribution in [0.15, 0.2) is 22.7 Å². The molecule has 7 nitrogen and oxygen atoms in total. The van der Waals surface area contributed by atoms with Crippen LogP contribution in [0.3, 0.4) is 0 Å². The number of carbonyl (C=O) groups excluding carboxylic acids is 2. The Balaban J connectivity index is 2.19. The molecule has 0 bridgehead atoms. The molecular formula is C21H33NO6. The summed E-state index contributed by atoms with van der Waals surface area (Å²) in [5, 5.41) is 11.4. The molecule has 0 heterocycles. The summed E-state index contributed by atoms with van der Waals surface area (Å²) < 4.78 is 10.1. The second-order valence-corrected chi connectivity index (χ2v) is 6.98. The molecule has 0 unspecified atom stereocenters. The SMILES string of the molecule is COC1=C(OC)C(=O)C(CCCCCCCCCCNCC(=O)O)=C(C)C1=O. The molecule has 0 atom stereocenters. The quantitative estimate of drug-likeness (QED) is 0.324. The molecule has 0 radical (unpaired) electrons. The van der Waals surface area contributed by atoms with Crippen LogP contribution in [-0.4, -0.2) is 50.0 Å². The molecule has 0 saturated heterocycles. The van der Waals surface area contributed by atoms with Gasteiger partial charge in [-0.3, -0.25) is 14.4 Å². The lowest BCUT2D eigenvalue weighted by atomic mass is 9.89. The van der Waals surface area contributed by atoms with E-state index in [1.165, 1.54) is 14.2 Å². The molecule has 1 aliphatic rings. The van der Waals surface area contributed by atoms with Crippen LogP contribution in [0.2, 0.25) is 0 Å². The number of ether oxygens (including phenoxy) is 2. The van der Waals surface area contributed by atoms with E-state index in [0.29, 0.717) is 17.6 Å². The van der Waals surface area contributed by atoms with Gasteiger partial charge >= 0.3 is 5.97 Å². The molecule has 1 aliphatic carbocycles. The molecule has 158 valence electrons. The number of unbranched alkanes of at least 4 members (excludes halogenated alkanes) is 7. The number of rotatable bonds is 15. The number of nitrogens with one attached hydrogen (secondary N) is 1. The minimum absolute atomic E-state index is 0.00550. The van der Waals surface area contributed by atoms with Gasteiger partial charge in [-0.15, -0.1) is 0 Å². The largest absolute Gasteiger partial charge is 0.489 e. The molecule has 28 heavy (non-hydrogen) atoms. The Labute approximate surface area is 167 Å². The molecule has 7 heteroatoms. The molecule has 0 fully saturated rings. The Bertz CT molecular complexity index is 620. The van der Waals surface area contributed by atoms with Crippen LogP contribution >= 0.6 is 0 Å². The topological polar surface area (TPSA) is 102 Å². The standard InChI is InChI=1S/C21H33NO6/c1-15-16(19(26)21(28-3)20(27-2)18(15)25)12-10-8-6-4-5-7-9-11-13-22-14-17(23)24/h22H,4-14H2,1-3H3,(H,23,24). The highest BCUT2D eigenvalue weighted by Gasteiger charge is 2.34. The maximum atomic E-state index is 12.5. The summed E-state index contributed by atoms with van der Waals surface area (Å²) in [5.41, 5.74) is 0.996. The van der Waals surface area contributed by atoms with E-state index in [1.807, 2.05) is 0 Å². The highest BCUT2D eigenvalue weighted by Crippen LogP contribution is 2.28. The number of ketones is 2. The Kier molecular flexibility index (Phi) is 11.2. The summed E-state index contributed by atoms with van der Waals surface area (Å²) in [6, 6.07) is 0. The lowest BCUT2D eigenvalue weighted by Crippen LogP contribution is -2.25. The number of carbonyl (C=O) groups is 3.